The highest BCUT2D eigenvalue weighted by atomic mass is 32.1. The molecule has 0 spiro atoms. The van der Waals surface area contributed by atoms with Crippen molar-refractivity contribution in [3.8, 4) is 11.5 Å². The SMILES string of the molecule is Cc1ccccc1Oc1ccc(N2C(=S)NC(c3ccccn3)C2c2cc(C)n(-n3cnnc3)c2C)cc1. The summed E-state index contributed by atoms with van der Waals surface area (Å²) in [6.45, 7) is 6.22. The Bertz CT molecular complexity index is 1580. The maximum Gasteiger partial charge on any atom is 0.174 e. The van der Waals surface area contributed by atoms with Gasteiger partial charge in [-0.15, -0.1) is 10.2 Å². The molecule has 1 N–H and O–H groups in total. The fourth-order valence-electron chi connectivity index (χ4n) is 5.15. The van der Waals surface area contributed by atoms with E-state index in [9.17, 15) is 0 Å². The number of hydrogen-bond donors (Lipinski definition) is 1. The van der Waals surface area contributed by atoms with Gasteiger partial charge in [0, 0.05) is 28.8 Å². The Labute approximate surface area is 226 Å². The van der Waals surface area contributed by atoms with Crippen molar-refractivity contribution in [1.29, 1.82) is 0 Å². The van der Waals surface area contributed by atoms with E-state index in [2.05, 4.69) is 50.0 Å². The van der Waals surface area contributed by atoms with Crippen LogP contribution in [0, 0.1) is 20.8 Å². The van der Waals surface area contributed by atoms with Gasteiger partial charge in [0.15, 0.2) is 5.11 Å². The van der Waals surface area contributed by atoms with Gasteiger partial charge in [0.1, 0.15) is 24.2 Å². The van der Waals surface area contributed by atoms with Crippen LogP contribution in [0.5, 0.6) is 11.5 Å². The molecule has 6 rings (SSSR count). The normalized spacial score (nSPS) is 17.0. The highest BCUT2D eigenvalue weighted by Gasteiger charge is 2.42. The average Bonchev–Trinajstić information content (AvgIpc) is 3.64. The number of para-hydroxylation sites is 1. The number of anilines is 1. The largest absolute Gasteiger partial charge is 0.457 e. The van der Waals surface area contributed by atoms with Gasteiger partial charge >= 0.3 is 0 Å². The number of aryl methyl sites for hydroxylation is 2. The number of aromatic nitrogens is 5. The van der Waals surface area contributed by atoms with E-state index in [-0.39, 0.29) is 12.1 Å². The second kappa shape index (κ2) is 9.75. The van der Waals surface area contributed by atoms with Crippen LogP contribution >= 0.6 is 12.2 Å². The van der Waals surface area contributed by atoms with Gasteiger partial charge in [0.25, 0.3) is 0 Å². The predicted octanol–water partition coefficient (Wildman–Crippen LogP) is 5.68. The Morgan fingerprint density at radius 3 is 2.34 bits per heavy atom. The first-order valence-electron chi connectivity index (χ1n) is 12.4. The summed E-state index contributed by atoms with van der Waals surface area (Å²) in [5, 5.41) is 12.2. The zero-order valence-corrected chi connectivity index (χ0v) is 22.1. The van der Waals surface area contributed by atoms with Crippen molar-refractivity contribution in [3.05, 3.63) is 120 Å². The van der Waals surface area contributed by atoms with Crippen LogP contribution in [0.4, 0.5) is 5.69 Å². The van der Waals surface area contributed by atoms with Gasteiger partial charge in [-0.2, -0.15) is 0 Å². The molecule has 3 aromatic heterocycles. The molecular weight excluding hydrogens is 494 g/mol. The number of benzene rings is 2. The van der Waals surface area contributed by atoms with Gasteiger partial charge < -0.3 is 15.0 Å². The van der Waals surface area contributed by atoms with Crippen LogP contribution in [0.25, 0.3) is 0 Å². The molecule has 1 saturated heterocycles. The molecule has 2 unspecified atom stereocenters. The Hall–Kier alpha value is -4.50. The van der Waals surface area contributed by atoms with E-state index in [0.29, 0.717) is 5.11 Å². The maximum absolute atomic E-state index is 6.14. The lowest BCUT2D eigenvalue weighted by atomic mass is 9.96. The molecule has 0 aliphatic carbocycles. The Morgan fingerprint density at radius 1 is 0.895 bits per heavy atom. The smallest absolute Gasteiger partial charge is 0.174 e. The molecule has 4 heterocycles. The molecule has 5 aromatic rings. The topological polar surface area (TPSA) is 73.0 Å². The number of rotatable bonds is 6. The summed E-state index contributed by atoms with van der Waals surface area (Å²) in [7, 11) is 0. The Balaban J connectivity index is 1.41. The van der Waals surface area contributed by atoms with E-state index < -0.39 is 0 Å². The zero-order chi connectivity index (χ0) is 26.2. The second-order valence-electron chi connectivity index (χ2n) is 9.34. The molecule has 2 aromatic carbocycles. The first-order chi connectivity index (χ1) is 18.5. The number of ether oxygens (including phenoxy) is 1. The Kier molecular flexibility index (Phi) is 6.13. The monoisotopic (exact) mass is 521 g/mol. The molecule has 0 radical (unpaired) electrons. The van der Waals surface area contributed by atoms with Crippen LogP contribution in [0.1, 0.15) is 40.3 Å². The molecule has 1 aliphatic rings. The fraction of sp³-hybridized carbons (Fsp3) is 0.172. The van der Waals surface area contributed by atoms with Crippen molar-refractivity contribution >= 4 is 23.0 Å². The highest BCUT2D eigenvalue weighted by Crippen LogP contribution is 2.43. The predicted molar refractivity (Wildman–Crippen MR) is 150 cm³/mol. The van der Waals surface area contributed by atoms with Gasteiger partial charge in [-0.25, -0.2) is 4.68 Å². The van der Waals surface area contributed by atoms with Crippen LogP contribution in [0.15, 0.2) is 91.6 Å². The van der Waals surface area contributed by atoms with Crippen molar-refractivity contribution in [2.24, 2.45) is 0 Å². The van der Waals surface area contributed by atoms with Crippen molar-refractivity contribution in [1.82, 2.24) is 29.9 Å². The summed E-state index contributed by atoms with van der Waals surface area (Å²) in [6, 6.07) is 24.0. The van der Waals surface area contributed by atoms with Crippen molar-refractivity contribution in [2.45, 2.75) is 32.9 Å². The minimum Gasteiger partial charge on any atom is -0.457 e. The summed E-state index contributed by atoms with van der Waals surface area (Å²) in [5.74, 6) is 1.61. The van der Waals surface area contributed by atoms with Crippen molar-refractivity contribution in [3.63, 3.8) is 0 Å². The van der Waals surface area contributed by atoms with Crippen LogP contribution in [0.3, 0.4) is 0 Å². The van der Waals surface area contributed by atoms with Gasteiger partial charge in [-0.3, -0.25) is 9.66 Å². The Morgan fingerprint density at radius 2 is 1.63 bits per heavy atom. The average molecular weight is 522 g/mol. The van der Waals surface area contributed by atoms with E-state index in [1.807, 2.05) is 84.5 Å². The molecule has 38 heavy (non-hydrogen) atoms. The van der Waals surface area contributed by atoms with E-state index in [1.165, 1.54) is 0 Å². The number of hydrogen-bond acceptors (Lipinski definition) is 5. The molecular formula is C29H27N7OS. The zero-order valence-electron chi connectivity index (χ0n) is 21.3. The summed E-state index contributed by atoms with van der Waals surface area (Å²) in [4.78, 5) is 6.85. The molecule has 0 saturated carbocycles. The highest BCUT2D eigenvalue weighted by molar-refractivity contribution is 7.80. The summed E-state index contributed by atoms with van der Waals surface area (Å²) in [5.41, 5.74) is 6.26. The third kappa shape index (κ3) is 4.20. The molecule has 0 amide bonds. The fourth-order valence-corrected chi connectivity index (χ4v) is 5.50. The first-order valence-corrected chi connectivity index (χ1v) is 12.8. The maximum atomic E-state index is 6.14. The molecule has 0 bridgehead atoms. The van der Waals surface area contributed by atoms with Crippen LogP contribution < -0.4 is 15.0 Å². The van der Waals surface area contributed by atoms with Crippen LogP contribution in [-0.2, 0) is 0 Å². The lowest BCUT2D eigenvalue weighted by Crippen LogP contribution is -2.29. The van der Waals surface area contributed by atoms with Crippen molar-refractivity contribution in [2.75, 3.05) is 4.90 Å². The molecule has 2 atom stereocenters. The summed E-state index contributed by atoms with van der Waals surface area (Å²) in [6.07, 6.45) is 5.21. The standard InChI is InChI=1S/C29H27N7OS/c1-19-8-4-5-10-26(19)37-23-13-11-22(12-14-23)35-28(27(33-29(35)38)25-9-6-7-15-30-25)24-16-20(2)36(21(24)3)34-17-31-32-18-34/h4-18,27-28H,1-3H3,(H,33,38). The molecule has 9 heteroatoms. The van der Waals surface area contributed by atoms with Gasteiger partial charge in [-0.1, -0.05) is 24.3 Å². The third-order valence-electron chi connectivity index (χ3n) is 6.92. The number of thiocarbonyl (C=S) groups is 1. The van der Waals surface area contributed by atoms with Gasteiger partial charge in [0.05, 0.1) is 17.8 Å². The molecule has 8 nitrogen and oxygen atoms in total. The van der Waals surface area contributed by atoms with Crippen LogP contribution in [0.2, 0.25) is 0 Å². The van der Waals surface area contributed by atoms with Gasteiger partial charge in [-0.05, 0) is 87.1 Å². The number of pyridine rings is 1. The minimum absolute atomic E-state index is 0.128. The molecule has 1 aliphatic heterocycles. The third-order valence-corrected chi connectivity index (χ3v) is 7.24. The number of nitrogens with zero attached hydrogens (tertiary/aromatic N) is 6. The lowest BCUT2D eigenvalue weighted by molar-refractivity contribution is 0.479. The van der Waals surface area contributed by atoms with E-state index in [4.69, 9.17) is 17.0 Å². The van der Waals surface area contributed by atoms with E-state index in [1.54, 1.807) is 12.7 Å². The quantitative estimate of drug-likeness (QED) is 0.288. The van der Waals surface area contributed by atoms with Crippen LogP contribution in [-0.4, -0.2) is 29.6 Å². The van der Waals surface area contributed by atoms with Gasteiger partial charge in [0.2, 0.25) is 0 Å². The molecule has 1 fully saturated rings. The van der Waals surface area contributed by atoms with E-state index >= 15 is 0 Å². The molecule has 190 valence electrons. The first kappa shape index (κ1) is 23.9. The minimum atomic E-state index is -0.138. The number of nitrogens with one attached hydrogen (secondary N) is 1. The second-order valence-corrected chi connectivity index (χ2v) is 9.72. The summed E-state index contributed by atoms with van der Waals surface area (Å²) >= 11 is 5.92. The van der Waals surface area contributed by atoms with E-state index in [0.717, 1.165) is 45.4 Å². The lowest BCUT2D eigenvalue weighted by Gasteiger charge is -2.28. The summed E-state index contributed by atoms with van der Waals surface area (Å²) < 4.78 is 10.1. The van der Waals surface area contributed by atoms with Crippen molar-refractivity contribution < 1.29 is 4.74 Å².